The third-order valence-electron chi connectivity index (χ3n) is 7.54. The molecule has 0 N–H and O–H groups in total. The molecule has 146 valence electrons. The molecule has 0 spiro atoms. The molecule has 25 heavy (non-hydrogen) atoms. The predicted octanol–water partition coefficient (Wildman–Crippen LogP) is 6.62. The Morgan fingerprint density at radius 1 is 0.960 bits per heavy atom. The highest BCUT2D eigenvalue weighted by molar-refractivity contribution is 5.78. The summed E-state index contributed by atoms with van der Waals surface area (Å²) in [4.78, 5) is 13.5. The van der Waals surface area contributed by atoms with Crippen molar-refractivity contribution in [2.75, 3.05) is 0 Å². The SMILES string of the molecule is CCC(C)(OC(=O)C(C)(CC(C)(C)C)C(C)(C)C)C1CC2CCC1C2. The zero-order chi connectivity index (χ0) is 19.3. The molecule has 0 aromatic heterocycles. The maximum Gasteiger partial charge on any atom is 0.312 e. The minimum absolute atomic E-state index is 0.0158. The van der Waals surface area contributed by atoms with Crippen LogP contribution in [-0.4, -0.2) is 11.6 Å². The van der Waals surface area contributed by atoms with Crippen molar-refractivity contribution in [3.05, 3.63) is 0 Å². The monoisotopic (exact) mass is 350 g/mol. The second kappa shape index (κ2) is 6.57. The Bertz CT molecular complexity index is 495. The number of ether oxygens (including phenoxy) is 1. The number of hydrogen-bond acceptors (Lipinski definition) is 2. The van der Waals surface area contributed by atoms with Crippen LogP contribution in [0.25, 0.3) is 0 Å². The lowest BCUT2D eigenvalue weighted by Crippen LogP contribution is -2.50. The molecule has 0 saturated heterocycles. The van der Waals surface area contributed by atoms with Gasteiger partial charge in [-0.1, -0.05) is 54.9 Å². The summed E-state index contributed by atoms with van der Waals surface area (Å²) in [5.74, 6) is 2.22. The Labute approximate surface area is 156 Å². The molecule has 5 unspecified atom stereocenters. The van der Waals surface area contributed by atoms with Crippen LogP contribution >= 0.6 is 0 Å². The van der Waals surface area contributed by atoms with Gasteiger partial charge in [0, 0.05) is 5.92 Å². The lowest BCUT2D eigenvalue weighted by Gasteiger charge is -2.47. The smallest absolute Gasteiger partial charge is 0.312 e. The highest BCUT2D eigenvalue weighted by atomic mass is 16.6. The van der Waals surface area contributed by atoms with E-state index in [9.17, 15) is 4.79 Å². The number of hydrogen-bond donors (Lipinski definition) is 0. The molecule has 5 atom stereocenters. The fourth-order valence-electron chi connectivity index (χ4n) is 5.43. The Morgan fingerprint density at radius 2 is 1.56 bits per heavy atom. The number of rotatable bonds is 5. The summed E-state index contributed by atoms with van der Waals surface area (Å²) in [5, 5.41) is 0. The molecule has 2 aliphatic carbocycles. The van der Waals surface area contributed by atoms with Gasteiger partial charge in [0.25, 0.3) is 0 Å². The summed E-state index contributed by atoms with van der Waals surface area (Å²) >= 11 is 0. The van der Waals surface area contributed by atoms with Gasteiger partial charge in [-0.25, -0.2) is 0 Å². The van der Waals surface area contributed by atoms with Gasteiger partial charge in [0.2, 0.25) is 0 Å². The molecule has 2 nitrogen and oxygen atoms in total. The highest BCUT2D eigenvalue weighted by Gasteiger charge is 2.53. The molecule has 0 aliphatic heterocycles. The van der Waals surface area contributed by atoms with E-state index in [4.69, 9.17) is 4.74 Å². The summed E-state index contributed by atoms with van der Waals surface area (Å²) in [6.45, 7) is 19.7. The van der Waals surface area contributed by atoms with Crippen molar-refractivity contribution in [3.63, 3.8) is 0 Å². The first-order valence-electron chi connectivity index (χ1n) is 10.5. The van der Waals surface area contributed by atoms with E-state index < -0.39 is 5.41 Å². The molecule has 2 rings (SSSR count). The van der Waals surface area contributed by atoms with Crippen LogP contribution in [0.15, 0.2) is 0 Å². The molecular formula is C23H42O2. The van der Waals surface area contributed by atoms with Crippen LogP contribution in [-0.2, 0) is 9.53 Å². The molecule has 0 aromatic rings. The van der Waals surface area contributed by atoms with Crippen LogP contribution in [0.3, 0.4) is 0 Å². The Kier molecular flexibility index (Phi) is 5.46. The van der Waals surface area contributed by atoms with Gasteiger partial charge in [0.15, 0.2) is 0 Å². The number of fused-ring (bicyclic) bond motifs is 2. The summed E-state index contributed by atoms with van der Waals surface area (Å²) in [6, 6.07) is 0. The normalized spacial score (nSPS) is 31.5. The van der Waals surface area contributed by atoms with E-state index in [1.54, 1.807) is 0 Å². The lowest BCUT2D eigenvalue weighted by molar-refractivity contribution is -0.188. The van der Waals surface area contributed by atoms with Crippen molar-refractivity contribution in [1.29, 1.82) is 0 Å². The van der Waals surface area contributed by atoms with Crippen LogP contribution < -0.4 is 0 Å². The molecule has 2 fully saturated rings. The van der Waals surface area contributed by atoms with Gasteiger partial charge in [0.05, 0.1) is 5.41 Å². The van der Waals surface area contributed by atoms with Crippen LogP contribution in [0, 0.1) is 34.0 Å². The zero-order valence-electron chi connectivity index (χ0n) is 18.3. The molecule has 0 amide bonds. The first-order chi connectivity index (χ1) is 11.2. The number of esters is 1. The van der Waals surface area contributed by atoms with Gasteiger partial charge in [0.1, 0.15) is 5.60 Å². The van der Waals surface area contributed by atoms with Crippen molar-refractivity contribution in [2.45, 2.75) is 106 Å². The number of carbonyl (C=O) groups is 1. The first-order valence-corrected chi connectivity index (χ1v) is 10.5. The summed E-state index contributed by atoms with van der Waals surface area (Å²) in [5.41, 5.74) is -0.808. The Morgan fingerprint density at radius 3 is 1.92 bits per heavy atom. The summed E-state index contributed by atoms with van der Waals surface area (Å²) < 4.78 is 6.42. The minimum Gasteiger partial charge on any atom is -0.459 e. The Balaban J connectivity index is 2.23. The zero-order valence-corrected chi connectivity index (χ0v) is 18.3. The fourth-order valence-corrected chi connectivity index (χ4v) is 5.43. The quantitative estimate of drug-likeness (QED) is 0.521. The molecular weight excluding hydrogens is 308 g/mol. The highest BCUT2D eigenvalue weighted by Crippen LogP contribution is 2.55. The topological polar surface area (TPSA) is 26.3 Å². The molecule has 2 bridgehead atoms. The van der Waals surface area contributed by atoms with Crippen molar-refractivity contribution >= 4 is 5.97 Å². The molecule has 0 aromatic carbocycles. The van der Waals surface area contributed by atoms with Gasteiger partial charge in [-0.2, -0.15) is 0 Å². The van der Waals surface area contributed by atoms with Crippen LogP contribution in [0.4, 0.5) is 0 Å². The number of carbonyl (C=O) groups excluding carboxylic acids is 1. The molecule has 2 saturated carbocycles. The van der Waals surface area contributed by atoms with Crippen LogP contribution in [0.2, 0.25) is 0 Å². The average Bonchev–Trinajstić information content (AvgIpc) is 3.06. The minimum atomic E-state index is -0.473. The van der Waals surface area contributed by atoms with E-state index in [2.05, 4.69) is 62.3 Å². The van der Waals surface area contributed by atoms with Gasteiger partial charge >= 0.3 is 5.97 Å². The second-order valence-electron chi connectivity index (χ2n) is 11.7. The predicted molar refractivity (Wildman–Crippen MR) is 105 cm³/mol. The summed E-state index contributed by atoms with van der Waals surface area (Å²) in [7, 11) is 0. The van der Waals surface area contributed by atoms with E-state index in [1.165, 1.54) is 25.7 Å². The van der Waals surface area contributed by atoms with Crippen molar-refractivity contribution in [1.82, 2.24) is 0 Å². The largest absolute Gasteiger partial charge is 0.459 e. The van der Waals surface area contributed by atoms with Crippen molar-refractivity contribution < 1.29 is 9.53 Å². The van der Waals surface area contributed by atoms with E-state index in [0.717, 1.165) is 24.7 Å². The van der Waals surface area contributed by atoms with Gasteiger partial charge in [-0.05, 0) is 68.6 Å². The second-order valence-corrected chi connectivity index (χ2v) is 11.7. The van der Waals surface area contributed by atoms with E-state index >= 15 is 0 Å². The molecule has 2 heteroatoms. The van der Waals surface area contributed by atoms with Crippen LogP contribution in [0.1, 0.15) is 101 Å². The third kappa shape index (κ3) is 4.08. The molecule has 2 aliphatic rings. The Hall–Kier alpha value is -0.530. The standard InChI is InChI=1S/C23H42O2/c1-10-23(9,18-14-16-11-12-17(18)13-16)25-19(24)22(8,21(5,6)7)15-20(2,3)4/h16-18H,10-15H2,1-9H3. The lowest BCUT2D eigenvalue weighted by atomic mass is 9.61. The van der Waals surface area contributed by atoms with Crippen LogP contribution in [0.5, 0.6) is 0 Å². The molecule has 0 radical (unpaired) electrons. The summed E-state index contributed by atoms with van der Waals surface area (Å²) in [6.07, 6.45) is 7.10. The van der Waals surface area contributed by atoms with E-state index in [0.29, 0.717) is 5.92 Å². The first kappa shape index (κ1) is 20.8. The fraction of sp³-hybridized carbons (Fsp3) is 0.957. The van der Waals surface area contributed by atoms with Gasteiger partial charge in [-0.15, -0.1) is 0 Å². The van der Waals surface area contributed by atoms with Crippen molar-refractivity contribution in [2.24, 2.45) is 34.0 Å². The van der Waals surface area contributed by atoms with Gasteiger partial charge < -0.3 is 4.74 Å². The maximum absolute atomic E-state index is 13.5. The van der Waals surface area contributed by atoms with Crippen molar-refractivity contribution in [3.8, 4) is 0 Å². The maximum atomic E-state index is 13.5. The average molecular weight is 351 g/mol. The third-order valence-corrected chi connectivity index (χ3v) is 7.54. The van der Waals surface area contributed by atoms with E-state index in [-0.39, 0.29) is 22.4 Å². The van der Waals surface area contributed by atoms with E-state index in [1.807, 2.05) is 0 Å². The van der Waals surface area contributed by atoms with Gasteiger partial charge in [-0.3, -0.25) is 4.79 Å². The molecule has 0 heterocycles.